The van der Waals surface area contributed by atoms with E-state index in [0.717, 1.165) is 0 Å². The van der Waals surface area contributed by atoms with Gasteiger partial charge in [0.2, 0.25) is 5.91 Å². The van der Waals surface area contributed by atoms with E-state index in [4.69, 9.17) is 9.47 Å². The van der Waals surface area contributed by atoms with Gasteiger partial charge in [-0.3, -0.25) is 9.69 Å². The number of carbonyl (C=O) groups excluding carboxylic acids is 2. The number of hydrogen-bond donors (Lipinski definition) is 1. The SMILES string of the molecule is CCOc1cc(C2C(C(=O)OC)=C(C)N=C3SCC(=O)N32)ccc1O. The number of esters is 1. The van der Waals surface area contributed by atoms with Gasteiger partial charge in [0.05, 0.1) is 36.8 Å². The Kier molecular flexibility index (Phi) is 4.71. The maximum absolute atomic E-state index is 12.4. The van der Waals surface area contributed by atoms with Crippen LogP contribution in [0.3, 0.4) is 0 Å². The molecule has 1 N–H and O–H groups in total. The molecular formula is C17H18N2O5S. The minimum absolute atomic E-state index is 0.00209. The third-order valence-electron chi connectivity index (χ3n) is 3.99. The third kappa shape index (κ3) is 2.97. The number of phenols is 1. The largest absolute Gasteiger partial charge is 0.504 e. The molecule has 0 saturated carbocycles. The monoisotopic (exact) mass is 362 g/mol. The summed E-state index contributed by atoms with van der Waals surface area (Å²) in [6, 6.07) is 4.13. The number of ether oxygens (including phenoxy) is 2. The number of nitrogens with zero attached hydrogens (tertiary/aromatic N) is 2. The highest BCUT2D eigenvalue weighted by atomic mass is 32.2. The van der Waals surface area contributed by atoms with Crippen molar-refractivity contribution >= 4 is 28.8 Å². The Morgan fingerprint density at radius 1 is 1.48 bits per heavy atom. The van der Waals surface area contributed by atoms with E-state index in [0.29, 0.717) is 34.4 Å². The normalized spacial score (nSPS) is 19.6. The first kappa shape index (κ1) is 17.3. The molecule has 7 nitrogen and oxygen atoms in total. The van der Waals surface area contributed by atoms with Gasteiger partial charge >= 0.3 is 5.97 Å². The van der Waals surface area contributed by atoms with Crippen molar-refractivity contribution in [3.05, 3.63) is 35.0 Å². The van der Waals surface area contributed by atoms with Crippen molar-refractivity contribution in [2.24, 2.45) is 4.99 Å². The molecule has 1 amide bonds. The molecule has 2 heterocycles. The first-order valence-electron chi connectivity index (χ1n) is 7.76. The molecule has 25 heavy (non-hydrogen) atoms. The molecule has 132 valence electrons. The summed E-state index contributed by atoms with van der Waals surface area (Å²) in [5.74, 6) is -0.106. The highest BCUT2D eigenvalue weighted by Crippen LogP contribution is 2.42. The Morgan fingerprint density at radius 2 is 2.24 bits per heavy atom. The van der Waals surface area contributed by atoms with E-state index in [-0.39, 0.29) is 17.4 Å². The Hall–Kier alpha value is -2.48. The summed E-state index contributed by atoms with van der Waals surface area (Å²) in [4.78, 5) is 30.6. The van der Waals surface area contributed by atoms with E-state index < -0.39 is 12.0 Å². The van der Waals surface area contributed by atoms with Crippen molar-refractivity contribution in [2.45, 2.75) is 19.9 Å². The van der Waals surface area contributed by atoms with Crippen LogP contribution in [0.15, 0.2) is 34.5 Å². The van der Waals surface area contributed by atoms with Crippen LogP contribution in [0.25, 0.3) is 0 Å². The summed E-state index contributed by atoms with van der Waals surface area (Å²) in [5.41, 5.74) is 1.45. The number of thioether (sulfide) groups is 1. The van der Waals surface area contributed by atoms with E-state index in [9.17, 15) is 14.7 Å². The van der Waals surface area contributed by atoms with Crippen LogP contribution in [0, 0.1) is 0 Å². The lowest BCUT2D eigenvalue weighted by atomic mass is 9.94. The summed E-state index contributed by atoms with van der Waals surface area (Å²) in [6.45, 7) is 3.91. The highest BCUT2D eigenvalue weighted by Gasteiger charge is 2.43. The molecular weight excluding hydrogens is 344 g/mol. The second-order valence-corrected chi connectivity index (χ2v) is 6.44. The molecule has 8 heteroatoms. The molecule has 1 unspecified atom stereocenters. The van der Waals surface area contributed by atoms with Crippen molar-refractivity contribution in [3.63, 3.8) is 0 Å². The van der Waals surface area contributed by atoms with Crippen LogP contribution in [0.1, 0.15) is 25.5 Å². The molecule has 2 aliphatic rings. The molecule has 1 fully saturated rings. The van der Waals surface area contributed by atoms with Crippen LogP contribution in [0.4, 0.5) is 0 Å². The maximum Gasteiger partial charge on any atom is 0.338 e. The van der Waals surface area contributed by atoms with Crippen molar-refractivity contribution in [1.29, 1.82) is 0 Å². The van der Waals surface area contributed by atoms with Crippen molar-refractivity contribution in [2.75, 3.05) is 19.5 Å². The Morgan fingerprint density at radius 3 is 2.92 bits per heavy atom. The molecule has 0 bridgehead atoms. The molecule has 1 aromatic carbocycles. The van der Waals surface area contributed by atoms with Crippen molar-refractivity contribution < 1.29 is 24.2 Å². The smallest absolute Gasteiger partial charge is 0.338 e. The van der Waals surface area contributed by atoms with Gasteiger partial charge in [0.1, 0.15) is 0 Å². The summed E-state index contributed by atoms with van der Waals surface area (Å²) in [7, 11) is 1.29. The van der Waals surface area contributed by atoms with E-state index in [1.165, 1.54) is 29.8 Å². The number of amidine groups is 1. The second kappa shape index (κ2) is 6.79. The van der Waals surface area contributed by atoms with Gasteiger partial charge < -0.3 is 14.6 Å². The van der Waals surface area contributed by atoms with Gasteiger partial charge in [-0.2, -0.15) is 0 Å². The number of hydrogen-bond acceptors (Lipinski definition) is 7. The number of aliphatic imine (C=N–C) groups is 1. The van der Waals surface area contributed by atoms with Gasteiger partial charge in [-0.15, -0.1) is 0 Å². The number of fused-ring (bicyclic) bond motifs is 1. The standard InChI is InChI=1S/C17H18N2O5S/c1-4-24-12-7-10(5-6-11(12)20)15-14(16(22)23-3)9(2)18-17-19(15)13(21)8-25-17/h5-7,15,20H,4,8H2,1-3H3. The molecule has 0 aromatic heterocycles. The molecule has 1 aromatic rings. The predicted octanol–water partition coefficient (Wildman–Crippen LogP) is 2.22. The average molecular weight is 362 g/mol. The number of amides is 1. The highest BCUT2D eigenvalue weighted by molar-refractivity contribution is 8.15. The van der Waals surface area contributed by atoms with E-state index in [1.807, 2.05) is 6.92 Å². The lowest BCUT2D eigenvalue weighted by molar-refractivity contribution is -0.137. The Balaban J connectivity index is 2.15. The topological polar surface area (TPSA) is 88.4 Å². The van der Waals surface area contributed by atoms with Gasteiger partial charge in [0.25, 0.3) is 0 Å². The maximum atomic E-state index is 12.4. The molecule has 2 aliphatic heterocycles. The quantitative estimate of drug-likeness (QED) is 0.827. The first-order valence-corrected chi connectivity index (χ1v) is 8.74. The van der Waals surface area contributed by atoms with Crippen LogP contribution in [0.5, 0.6) is 11.5 Å². The van der Waals surface area contributed by atoms with Crippen molar-refractivity contribution in [3.8, 4) is 11.5 Å². The van der Waals surface area contributed by atoms with E-state index in [1.54, 1.807) is 19.1 Å². The fraction of sp³-hybridized carbons (Fsp3) is 0.353. The van der Waals surface area contributed by atoms with Crippen molar-refractivity contribution in [1.82, 2.24) is 4.90 Å². The Bertz CT molecular complexity index is 802. The van der Waals surface area contributed by atoms with Crippen LogP contribution in [-0.4, -0.2) is 46.5 Å². The fourth-order valence-electron chi connectivity index (χ4n) is 2.90. The number of rotatable bonds is 4. The predicted molar refractivity (Wildman–Crippen MR) is 93.5 cm³/mol. The number of benzene rings is 1. The summed E-state index contributed by atoms with van der Waals surface area (Å²) in [5, 5.41) is 10.5. The van der Waals surface area contributed by atoms with Crippen LogP contribution >= 0.6 is 11.8 Å². The lowest BCUT2D eigenvalue weighted by Gasteiger charge is -2.32. The first-order chi connectivity index (χ1) is 12.0. The molecule has 0 radical (unpaired) electrons. The number of carbonyl (C=O) groups is 2. The third-order valence-corrected chi connectivity index (χ3v) is 4.93. The summed E-state index contributed by atoms with van der Waals surface area (Å²) >= 11 is 1.34. The number of phenolic OH excluding ortho intramolecular Hbond substituents is 1. The molecule has 0 aliphatic carbocycles. The van der Waals surface area contributed by atoms with Crippen LogP contribution < -0.4 is 4.74 Å². The summed E-state index contributed by atoms with van der Waals surface area (Å²) in [6.07, 6.45) is 0. The molecule has 3 rings (SSSR count). The number of methoxy groups -OCH3 is 1. The lowest BCUT2D eigenvalue weighted by Crippen LogP contribution is -2.39. The number of allylic oxidation sites excluding steroid dienone is 1. The van der Waals surface area contributed by atoms with Crippen LogP contribution in [0.2, 0.25) is 0 Å². The summed E-state index contributed by atoms with van der Waals surface area (Å²) < 4.78 is 10.3. The zero-order valence-electron chi connectivity index (χ0n) is 14.1. The second-order valence-electron chi connectivity index (χ2n) is 5.50. The van der Waals surface area contributed by atoms with E-state index >= 15 is 0 Å². The zero-order valence-corrected chi connectivity index (χ0v) is 14.9. The number of aromatic hydroxyl groups is 1. The van der Waals surface area contributed by atoms with Gasteiger partial charge in [0, 0.05) is 0 Å². The molecule has 1 atom stereocenters. The van der Waals surface area contributed by atoms with E-state index in [2.05, 4.69) is 4.99 Å². The van der Waals surface area contributed by atoms with Crippen LogP contribution in [-0.2, 0) is 14.3 Å². The minimum Gasteiger partial charge on any atom is -0.504 e. The van der Waals surface area contributed by atoms with Gasteiger partial charge in [-0.25, -0.2) is 9.79 Å². The molecule has 1 saturated heterocycles. The van der Waals surface area contributed by atoms with Gasteiger partial charge in [0.15, 0.2) is 16.7 Å². The minimum atomic E-state index is -0.665. The average Bonchev–Trinajstić information content (AvgIpc) is 2.96. The zero-order chi connectivity index (χ0) is 18.1. The van der Waals surface area contributed by atoms with Gasteiger partial charge in [-0.05, 0) is 31.5 Å². The Labute approximate surface area is 149 Å². The fourth-order valence-corrected chi connectivity index (χ4v) is 3.84. The van der Waals surface area contributed by atoms with Gasteiger partial charge in [-0.1, -0.05) is 17.8 Å². The molecule has 0 spiro atoms.